The summed E-state index contributed by atoms with van der Waals surface area (Å²) in [6.07, 6.45) is 0. The lowest BCUT2D eigenvalue weighted by Crippen LogP contribution is -2.87. The summed E-state index contributed by atoms with van der Waals surface area (Å²) in [6.45, 7) is 5.39. The number of aliphatic hydroxyl groups excluding tert-OH is 1. The number of ether oxygens (including phenoxy) is 1. The number of hydrogen-bond acceptors (Lipinski definition) is 4. The van der Waals surface area contributed by atoms with Gasteiger partial charge in [0.15, 0.2) is 0 Å². The molecule has 2 unspecified atom stereocenters. The highest BCUT2D eigenvalue weighted by molar-refractivity contribution is 7.36. The molecule has 0 saturated carbocycles. The van der Waals surface area contributed by atoms with Crippen LogP contribution in [0.3, 0.4) is 0 Å². The quantitative estimate of drug-likeness (QED) is 0.475. The van der Waals surface area contributed by atoms with E-state index in [1.807, 2.05) is 0 Å². The van der Waals surface area contributed by atoms with Crippen molar-refractivity contribution in [1.82, 2.24) is 0 Å². The van der Waals surface area contributed by atoms with Crippen LogP contribution in [0.4, 0.5) is 0 Å². The fraction of sp³-hybridized carbons (Fsp3) is 1.00. The summed E-state index contributed by atoms with van der Waals surface area (Å²) in [4.78, 5) is 9.49. The zero-order valence-electron chi connectivity index (χ0n) is 7.10. The Bertz CT molecular complexity index is 115. The van der Waals surface area contributed by atoms with Gasteiger partial charge in [0.2, 0.25) is 5.85 Å². The molecule has 1 aliphatic heterocycles. The van der Waals surface area contributed by atoms with E-state index >= 15 is 0 Å². The third-order valence-corrected chi connectivity index (χ3v) is 1.85. The number of hydrogen-bond donors (Lipinski definition) is 2. The maximum Gasteiger partial charge on any atom is 0.340 e. The van der Waals surface area contributed by atoms with Crippen molar-refractivity contribution >= 4 is 8.03 Å². The topological polar surface area (TPSA) is 86.2 Å². The maximum absolute atomic E-state index is 9.49. The van der Waals surface area contributed by atoms with E-state index in [1.165, 1.54) is 6.92 Å². The van der Waals surface area contributed by atoms with Gasteiger partial charge in [-0.2, -0.15) is 0 Å². The van der Waals surface area contributed by atoms with Gasteiger partial charge in [-0.1, -0.05) is 4.57 Å². The van der Waals surface area contributed by atoms with Gasteiger partial charge in [-0.15, -0.1) is 0 Å². The zero-order chi connectivity index (χ0) is 9.40. The molecule has 0 radical (unpaired) electrons. The lowest BCUT2D eigenvalue weighted by atomic mass is 10.5. The molecule has 0 spiro atoms. The summed E-state index contributed by atoms with van der Waals surface area (Å²) in [6, 6.07) is 0. The first-order valence-corrected chi connectivity index (χ1v) is 5.10. The largest absolute Gasteiger partial charge is 0.593 e. The van der Waals surface area contributed by atoms with Crippen LogP contribution in [0.1, 0.15) is 6.92 Å². The zero-order valence-corrected chi connectivity index (χ0v) is 8.00. The smallest absolute Gasteiger partial charge is 0.340 e. The Morgan fingerprint density at radius 1 is 1.58 bits per heavy atom. The first kappa shape index (κ1) is 11.9. The van der Waals surface area contributed by atoms with Gasteiger partial charge < -0.3 is 20.1 Å². The normalized spacial score (nSPS) is 20.4. The van der Waals surface area contributed by atoms with Gasteiger partial charge in [0.05, 0.1) is 26.3 Å². The van der Waals surface area contributed by atoms with Crippen molar-refractivity contribution in [2.45, 2.75) is 12.8 Å². The number of rotatable bonds is 1. The minimum Gasteiger partial charge on any atom is -0.593 e. The maximum atomic E-state index is 9.49. The third-order valence-electron chi connectivity index (χ3n) is 1.24. The number of quaternary nitrogens is 1. The van der Waals surface area contributed by atoms with Gasteiger partial charge in [-0.05, 0) is 0 Å². The van der Waals surface area contributed by atoms with Crippen LogP contribution in [0.5, 0.6) is 0 Å². The Hall–Kier alpha value is -0.0600. The first-order chi connectivity index (χ1) is 5.64. The molecule has 1 aliphatic rings. The van der Waals surface area contributed by atoms with Gasteiger partial charge in [0.1, 0.15) is 0 Å². The highest BCUT2D eigenvalue weighted by atomic mass is 31.1. The van der Waals surface area contributed by atoms with Crippen LogP contribution in [0, 0.1) is 0 Å². The average Bonchev–Trinajstić information content (AvgIpc) is 2.08. The Morgan fingerprint density at radius 2 is 2.00 bits per heavy atom. The molecule has 5 nitrogen and oxygen atoms in total. The van der Waals surface area contributed by atoms with Gasteiger partial charge in [0.25, 0.3) is 0 Å². The second-order valence-corrected chi connectivity index (χ2v) is 3.71. The summed E-state index contributed by atoms with van der Waals surface area (Å²) in [5, 5.41) is 10.3. The minimum atomic E-state index is -2.60. The van der Waals surface area contributed by atoms with Crippen molar-refractivity contribution in [3.63, 3.8) is 0 Å². The van der Waals surface area contributed by atoms with Crippen LogP contribution in [0.25, 0.3) is 0 Å². The standard InChI is InChI=1S/C4H9NO.C2H5O3P/c1-3-6-4-2-5-1;1-2(3)6(4)5/h5H,1-4H2;2-3H,1H3/p+1. The number of nitrogens with two attached hydrogens (primary N) is 1. The van der Waals surface area contributed by atoms with Crippen molar-refractivity contribution in [3.05, 3.63) is 0 Å². The van der Waals surface area contributed by atoms with Crippen molar-refractivity contribution in [3.8, 4) is 0 Å². The molecule has 0 aromatic heterocycles. The number of morpholine rings is 1. The van der Waals surface area contributed by atoms with Crippen LogP contribution < -0.4 is 10.2 Å². The Morgan fingerprint density at radius 3 is 2.08 bits per heavy atom. The second-order valence-electron chi connectivity index (χ2n) is 2.40. The molecular weight excluding hydrogens is 181 g/mol. The van der Waals surface area contributed by atoms with Crippen LogP contribution in [0.15, 0.2) is 0 Å². The molecule has 1 saturated heterocycles. The lowest BCUT2D eigenvalue weighted by Gasteiger charge is -2.07. The van der Waals surface area contributed by atoms with E-state index in [9.17, 15) is 9.46 Å². The molecule has 1 rings (SSSR count). The van der Waals surface area contributed by atoms with E-state index in [0.29, 0.717) is 0 Å². The van der Waals surface area contributed by atoms with E-state index in [0.717, 1.165) is 26.3 Å². The monoisotopic (exact) mass is 196 g/mol. The van der Waals surface area contributed by atoms with Gasteiger partial charge >= 0.3 is 8.03 Å². The van der Waals surface area contributed by atoms with Crippen LogP contribution in [-0.2, 0) is 9.30 Å². The predicted molar refractivity (Wildman–Crippen MR) is 41.8 cm³/mol. The average molecular weight is 196 g/mol. The molecular formula is C6H15NO4P+. The van der Waals surface area contributed by atoms with E-state index in [1.54, 1.807) is 0 Å². The van der Waals surface area contributed by atoms with E-state index in [-0.39, 0.29) is 0 Å². The molecule has 0 aliphatic carbocycles. The fourth-order valence-corrected chi connectivity index (χ4v) is 0.580. The van der Waals surface area contributed by atoms with Gasteiger partial charge in [-0.25, -0.2) is 0 Å². The van der Waals surface area contributed by atoms with E-state index in [2.05, 4.69) is 5.32 Å². The summed E-state index contributed by atoms with van der Waals surface area (Å²) < 4.78 is 14.5. The minimum absolute atomic E-state index is 0.944. The lowest BCUT2D eigenvalue weighted by molar-refractivity contribution is -0.670. The summed E-state index contributed by atoms with van der Waals surface area (Å²) in [5.41, 5.74) is 0. The number of aliphatic hydroxyl groups is 1. The highest BCUT2D eigenvalue weighted by Crippen LogP contribution is 2.11. The van der Waals surface area contributed by atoms with Crippen molar-refractivity contribution < 1.29 is 24.6 Å². The van der Waals surface area contributed by atoms with Crippen LogP contribution in [-0.4, -0.2) is 37.3 Å². The van der Waals surface area contributed by atoms with Crippen molar-refractivity contribution in [2.24, 2.45) is 0 Å². The van der Waals surface area contributed by atoms with Crippen molar-refractivity contribution in [1.29, 1.82) is 0 Å². The first-order valence-electron chi connectivity index (χ1n) is 3.85. The van der Waals surface area contributed by atoms with E-state index < -0.39 is 13.9 Å². The third kappa shape index (κ3) is 8.04. The van der Waals surface area contributed by atoms with Crippen LogP contribution in [0.2, 0.25) is 0 Å². The SMILES string of the molecule is C1COCC[NH2+]1.CC(O)[P+](=O)[O-]. The van der Waals surface area contributed by atoms with E-state index in [4.69, 9.17) is 9.84 Å². The Balaban J connectivity index is 0.000000202. The molecule has 1 fully saturated rings. The van der Waals surface area contributed by atoms with Gasteiger partial charge in [0, 0.05) is 6.92 Å². The van der Waals surface area contributed by atoms with Gasteiger partial charge in [-0.3, -0.25) is 0 Å². The van der Waals surface area contributed by atoms with Crippen molar-refractivity contribution in [2.75, 3.05) is 26.3 Å². The molecule has 0 aromatic carbocycles. The predicted octanol–water partition coefficient (Wildman–Crippen LogP) is -1.99. The molecule has 72 valence electrons. The fourth-order valence-electron chi connectivity index (χ4n) is 0.580. The molecule has 6 heteroatoms. The highest BCUT2D eigenvalue weighted by Gasteiger charge is 2.06. The second kappa shape index (κ2) is 7.58. The molecule has 3 N–H and O–H groups in total. The molecule has 0 aromatic rings. The molecule has 0 bridgehead atoms. The Labute approximate surface area is 72.6 Å². The molecule has 2 atom stereocenters. The summed E-state index contributed by atoms with van der Waals surface area (Å²) >= 11 is 0. The molecule has 0 amide bonds. The van der Waals surface area contributed by atoms with Crippen LogP contribution >= 0.6 is 8.03 Å². The Kier molecular flexibility index (Phi) is 7.54. The molecule has 1 heterocycles. The molecule has 12 heavy (non-hydrogen) atoms. The summed E-state index contributed by atoms with van der Waals surface area (Å²) in [5.74, 6) is -1.19. The summed E-state index contributed by atoms with van der Waals surface area (Å²) in [7, 11) is -2.60.